The molecule has 0 aliphatic heterocycles. The Morgan fingerprint density at radius 1 is 1.21 bits per heavy atom. The molecule has 0 aliphatic rings. The summed E-state index contributed by atoms with van der Waals surface area (Å²) >= 11 is 7.43. The van der Waals surface area contributed by atoms with Crippen LogP contribution in [0.25, 0.3) is 10.2 Å². The molecule has 0 fully saturated rings. The number of anilines is 1. The Morgan fingerprint density at radius 2 is 2.11 bits per heavy atom. The van der Waals surface area contributed by atoms with E-state index in [9.17, 15) is 4.39 Å². The fourth-order valence-corrected chi connectivity index (χ4v) is 2.86. The molecule has 0 saturated carbocycles. The highest BCUT2D eigenvalue weighted by molar-refractivity contribution is 7.22. The van der Waals surface area contributed by atoms with Crippen molar-refractivity contribution in [3.8, 4) is 0 Å². The Labute approximate surface area is 118 Å². The number of nitrogens with zero attached hydrogens (tertiary/aromatic N) is 1. The molecular formula is C14H10ClFN2S. The van der Waals surface area contributed by atoms with Crippen LogP contribution in [0.15, 0.2) is 42.5 Å². The largest absolute Gasteiger partial charge is 0.357 e. The lowest BCUT2D eigenvalue weighted by Crippen LogP contribution is -1.98. The maximum Gasteiger partial charge on any atom is 0.184 e. The first kappa shape index (κ1) is 12.4. The number of halogens is 2. The quantitative estimate of drug-likeness (QED) is 0.757. The van der Waals surface area contributed by atoms with E-state index in [0.29, 0.717) is 17.1 Å². The van der Waals surface area contributed by atoms with Crippen LogP contribution in [0.1, 0.15) is 5.56 Å². The summed E-state index contributed by atoms with van der Waals surface area (Å²) in [5, 5.41) is 4.72. The van der Waals surface area contributed by atoms with Gasteiger partial charge in [0.2, 0.25) is 0 Å². The molecule has 0 aliphatic carbocycles. The van der Waals surface area contributed by atoms with Gasteiger partial charge in [-0.05, 0) is 29.8 Å². The lowest BCUT2D eigenvalue weighted by Gasteiger charge is -2.02. The van der Waals surface area contributed by atoms with Crippen molar-refractivity contribution in [3.05, 3.63) is 58.9 Å². The van der Waals surface area contributed by atoms with E-state index in [-0.39, 0.29) is 5.82 Å². The summed E-state index contributed by atoms with van der Waals surface area (Å²) in [6.07, 6.45) is 0. The highest BCUT2D eigenvalue weighted by Gasteiger charge is 2.04. The van der Waals surface area contributed by atoms with Crippen LogP contribution in [0.4, 0.5) is 9.52 Å². The van der Waals surface area contributed by atoms with Crippen molar-refractivity contribution in [2.24, 2.45) is 0 Å². The third-order valence-electron chi connectivity index (χ3n) is 2.68. The monoisotopic (exact) mass is 292 g/mol. The van der Waals surface area contributed by atoms with Crippen molar-refractivity contribution < 1.29 is 4.39 Å². The fourth-order valence-electron chi connectivity index (χ4n) is 1.80. The van der Waals surface area contributed by atoms with E-state index >= 15 is 0 Å². The molecule has 0 unspecified atom stereocenters. The van der Waals surface area contributed by atoms with E-state index in [1.807, 2.05) is 24.3 Å². The summed E-state index contributed by atoms with van der Waals surface area (Å²) in [6.45, 7) is 0.642. The fraction of sp³-hybridized carbons (Fsp3) is 0.0714. The smallest absolute Gasteiger partial charge is 0.184 e. The van der Waals surface area contributed by atoms with E-state index < -0.39 is 0 Å². The molecule has 5 heteroatoms. The van der Waals surface area contributed by atoms with Gasteiger partial charge >= 0.3 is 0 Å². The number of benzene rings is 2. The van der Waals surface area contributed by atoms with E-state index in [4.69, 9.17) is 11.6 Å². The molecule has 2 aromatic carbocycles. The van der Waals surface area contributed by atoms with Gasteiger partial charge in [-0.3, -0.25) is 0 Å². The highest BCUT2D eigenvalue weighted by Crippen LogP contribution is 2.26. The third-order valence-corrected chi connectivity index (χ3v) is 3.91. The molecule has 96 valence electrons. The molecule has 2 nitrogen and oxygen atoms in total. The van der Waals surface area contributed by atoms with Gasteiger partial charge in [0.1, 0.15) is 5.82 Å². The van der Waals surface area contributed by atoms with Crippen LogP contribution in [-0.2, 0) is 6.54 Å². The molecule has 1 N–H and O–H groups in total. The van der Waals surface area contributed by atoms with Gasteiger partial charge in [-0.15, -0.1) is 0 Å². The molecule has 19 heavy (non-hydrogen) atoms. The summed E-state index contributed by atoms with van der Waals surface area (Å²) in [6, 6.07) is 12.3. The van der Waals surface area contributed by atoms with Gasteiger partial charge in [0.05, 0.1) is 10.2 Å². The number of hydrogen-bond acceptors (Lipinski definition) is 3. The molecule has 0 saturated heterocycles. The van der Waals surface area contributed by atoms with Crippen LogP contribution in [-0.4, -0.2) is 4.98 Å². The van der Waals surface area contributed by atoms with Gasteiger partial charge in [-0.1, -0.05) is 35.1 Å². The predicted octanol–water partition coefficient (Wildman–Crippen LogP) is 4.70. The topological polar surface area (TPSA) is 24.9 Å². The van der Waals surface area contributed by atoms with Gasteiger partial charge in [0.15, 0.2) is 5.13 Å². The zero-order valence-electron chi connectivity index (χ0n) is 9.86. The number of fused-ring (bicyclic) bond motifs is 1. The van der Waals surface area contributed by atoms with Gasteiger partial charge < -0.3 is 5.32 Å². The molecule has 0 atom stereocenters. The average molecular weight is 293 g/mol. The van der Waals surface area contributed by atoms with Crippen LogP contribution in [0.5, 0.6) is 0 Å². The standard InChI is InChI=1S/C14H10ClFN2S/c15-10-3-1-2-9(6-10)8-17-14-18-12-7-11(16)4-5-13(12)19-14/h1-7H,8H2,(H,17,18). The Morgan fingerprint density at radius 3 is 2.95 bits per heavy atom. The Hall–Kier alpha value is -1.65. The second kappa shape index (κ2) is 5.15. The van der Waals surface area contributed by atoms with Crippen molar-refractivity contribution in [1.82, 2.24) is 4.98 Å². The van der Waals surface area contributed by atoms with Crippen LogP contribution >= 0.6 is 22.9 Å². The Kier molecular flexibility index (Phi) is 3.36. The molecule has 3 aromatic rings. The number of rotatable bonds is 3. The maximum absolute atomic E-state index is 13.1. The average Bonchev–Trinajstić information content (AvgIpc) is 2.78. The molecule has 1 aromatic heterocycles. The Bertz CT molecular complexity index is 726. The van der Waals surface area contributed by atoms with Gasteiger partial charge in [-0.2, -0.15) is 0 Å². The van der Waals surface area contributed by atoms with Crippen molar-refractivity contribution >= 4 is 38.3 Å². The molecule has 3 rings (SSSR count). The molecule has 0 spiro atoms. The van der Waals surface area contributed by atoms with E-state index in [0.717, 1.165) is 15.4 Å². The number of aromatic nitrogens is 1. The number of nitrogens with one attached hydrogen (secondary N) is 1. The first-order valence-electron chi connectivity index (χ1n) is 5.75. The van der Waals surface area contributed by atoms with E-state index in [2.05, 4.69) is 10.3 Å². The molecule has 1 heterocycles. The minimum absolute atomic E-state index is 0.265. The summed E-state index contributed by atoms with van der Waals surface area (Å²) < 4.78 is 14.0. The maximum atomic E-state index is 13.1. The molecular weight excluding hydrogens is 283 g/mol. The van der Waals surface area contributed by atoms with Crippen LogP contribution in [0, 0.1) is 5.82 Å². The zero-order valence-corrected chi connectivity index (χ0v) is 11.4. The SMILES string of the molecule is Fc1ccc2sc(NCc3cccc(Cl)c3)nc2c1. The summed E-state index contributed by atoms with van der Waals surface area (Å²) in [5.74, 6) is -0.265. The van der Waals surface area contributed by atoms with Crippen LogP contribution < -0.4 is 5.32 Å². The van der Waals surface area contributed by atoms with Crippen molar-refractivity contribution in [2.45, 2.75) is 6.54 Å². The second-order valence-electron chi connectivity index (χ2n) is 4.11. The molecule has 0 radical (unpaired) electrons. The lowest BCUT2D eigenvalue weighted by atomic mass is 10.2. The summed E-state index contributed by atoms with van der Waals surface area (Å²) in [5.41, 5.74) is 1.76. The number of thiazole rings is 1. The Balaban J connectivity index is 1.78. The van der Waals surface area contributed by atoms with E-state index in [1.54, 1.807) is 6.07 Å². The zero-order chi connectivity index (χ0) is 13.2. The van der Waals surface area contributed by atoms with E-state index in [1.165, 1.54) is 23.5 Å². The second-order valence-corrected chi connectivity index (χ2v) is 5.58. The first-order chi connectivity index (χ1) is 9.20. The van der Waals surface area contributed by atoms with Gasteiger partial charge in [0.25, 0.3) is 0 Å². The molecule has 0 amide bonds. The normalized spacial score (nSPS) is 10.8. The van der Waals surface area contributed by atoms with Crippen molar-refractivity contribution in [2.75, 3.05) is 5.32 Å². The van der Waals surface area contributed by atoms with Crippen LogP contribution in [0.3, 0.4) is 0 Å². The van der Waals surface area contributed by atoms with Gasteiger partial charge in [0, 0.05) is 17.6 Å². The number of hydrogen-bond donors (Lipinski definition) is 1. The predicted molar refractivity (Wildman–Crippen MR) is 78.4 cm³/mol. The molecule has 0 bridgehead atoms. The summed E-state index contributed by atoms with van der Waals surface area (Å²) in [4.78, 5) is 4.35. The van der Waals surface area contributed by atoms with Crippen molar-refractivity contribution in [3.63, 3.8) is 0 Å². The third kappa shape index (κ3) is 2.85. The lowest BCUT2D eigenvalue weighted by molar-refractivity contribution is 0.629. The minimum Gasteiger partial charge on any atom is -0.357 e. The summed E-state index contributed by atoms with van der Waals surface area (Å²) in [7, 11) is 0. The minimum atomic E-state index is -0.265. The van der Waals surface area contributed by atoms with Crippen molar-refractivity contribution in [1.29, 1.82) is 0 Å². The first-order valence-corrected chi connectivity index (χ1v) is 6.94. The van der Waals surface area contributed by atoms with Gasteiger partial charge in [-0.25, -0.2) is 9.37 Å². The van der Waals surface area contributed by atoms with Crippen LogP contribution in [0.2, 0.25) is 5.02 Å². The highest BCUT2D eigenvalue weighted by atomic mass is 35.5.